The maximum absolute atomic E-state index is 10.8. The van der Waals surface area contributed by atoms with Crippen molar-refractivity contribution in [2.45, 2.75) is 68.8 Å². The lowest BCUT2D eigenvalue weighted by molar-refractivity contribution is 0.0287. The Morgan fingerprint density at radius 3 is 2.95 bits per heavy atom. The number of nitrogens with zero attached hydrogens (tertiary/aromatic N) is 2. The molecule has 1 aromatic rings. The number of rotatable bonds is 3. The Labute approximate surface area is 119 Å². The molecule has 3 rings (SSSR count). The maximum atomic E-state index is 10.8. The van der Waals surface area contributed by atoms with Gasteiger partial charge < -0.3 is 5.11 Å². The van der Waals surface area contributed by atoms with Gasteiger partial charge in [-0.1, -0.05) is 19.8 Å². The van der Waals surface area contributed by atoms with Gasteiger partial charge in [0.15, 0.2) is 0 Å². The fourth-order valence-corrected chi connectivity index (χ4v) is 4.56. The van der Waals surface area contributed by atoms with Gasteiger partial charge in [0.2, 0.25) is 0 Å². The van der Waals surface area contributed by atoms with E-state index in [1.54, 1.807) is 0 Å². The lowest BCUT2D eigenvalue weighted by Crippen LogP contribution is -2.43. The van der Waals surface area contributed by atoms with Crippen LogP contribution in [0.15, 0.2) is 12.3 Å². The third kappa shape index (κ3) is 2.84. The fourth-order valence-electron chi connectivity index (χ4n) is 3.39. The van der Waals surface area contributed by atoms with Gasteiger partial charge in [0, 0.05) is 17.9 Å². The van der Waals surface area contributed by atoms with Crippen molar-refractivity contribution in [3.05, 3.63) is 18.0 Å². The summed E-state index contributed by atoms with van der Waals surface area (Å²) in [5.74, 6) is 1.18. The van der Waals surface area contributed by atoms with Crippen molar-refractivity contribution in [1.29, 1.82) is 0 Å². The van der Waals surface area contributed by atoms with E-state index in [0.717, 1.165) is 18.5 Å². The van der Waals surface area contributed by atoms with Crippen molar-refractivity contribution >= 4 is 11.8 Å². The third-order valence-electron chi connectivity index (χ3n) is 4.73. The molecule has 1 saturated heterocycles. The molecular formula is C15H24N2OS. The van der Waals surface area contributed by atoms with E-state index in [1.807, 2.05) is 11.8 Å². The van der Waals surface area contributed by atoms with Crippen LogP contribution in [0.3, 0.4) is 0 Å². The van der Waals surface area contributed by atoms with Gasteiger partial charge in [0.05, 0.1) is 17.3 Å². The third-order valence-corrected chi connectivity index (χ3v) is 6.19. The zero-order valence-corrected chi connectivity index (χ0v) is 12.5. The lowest BCUT2D eigenvalue weighted by Gasteiger charge is -2.37. The van der Waals surface area contributed by atoms with E-state index in [-0.39, 0.29) is 0 Å². The van der Waals surface area contributed by atoms with Crippen LogP contribution in [0.1, 0.15) is 57.2 Å². The van der Waals surface area contributed by atoms with E-state index in [4.69, 9.17) is 5.10 Å². The molecule has 2 fully saturated rings. The molecule has 1 aliphatic heterocycles. The molecule has 1 N–H and O–H groups in total. The second kappa shape index (κ2) is 5.49. The minimum atomic E-state index is -0.558. The van der Waals surface area contributed by atoms with Crippen molar-refractivity contribution < 1.29 is 5.11 Å². The summed E-state index contributed by atoms with van der Waals surface area (Å²) in [5.41, 5.74) is 0.501. The van der Waals surface area contributed by atoms with Crippen LogP contribution in [0.5, 0.6) is 0 Å². The number of aromatic nitrogens is 2. The van der Waals surface area contributed by atoms with Gasteiger partial charge in [0.1, 0.15) is 0 Å². The van der Waals surface area contributed by atoms with Crippen molar-refractivity contribution in [3.63, 3.8) is 0 Å². The first-order chi connectivity index (χ1) is 9.17. The quantitative estimate of drug-likeness (QED) is 0.924. The second-order valence-corrected chi connectivity index (χ2v) is 7.57. The van der Waals surface area contributed by atoms with Crippen molar-refractivity contribution in [2.24, 2.45) is 0 Å². The predicted molar refractivity (Wildman–Crippen MR) is 79.5 cm³/mol. The van der Waals surface area contributed by atoms with Crippen LogP contribution in [0, 0.1) is 0 Å². The molecule has 4 heteroatoms. The van der Waals surface area contributed by atoms with Gasteiger partial charge in [-0.15, -0.1) is 0 Å². The average Bonchev–Trinajstić information content (AvgIpc) is 3.03. The molecule has 2 atom stereocenters. The molecule has 106 valence electrons. The van der Waals surface area contributed by atoms with Crippen LogP contribution < -0.4 is 0 Å². The SMILES string of the molecule is CC1SCCCC1(O)Cc1ccn(C2CCCC2)n1. The summed E-state index contributed by atoms with van der Waals surface area (Å²) < 4.78 is 2.13. The van der Waals surface area contributed by atoms with Crippen molar-refractivity contribution in [1.82, 2.24) is 9.78 Å². The molecule has 0 spiro atoms. The summed E-state index contributed by atoms with van der Waals surface area (Å²) in [6.07, 6.45) is 10.0. The van der Waals surface area contributed by atoms with Crippen LogP contribution in [0.25, 0.3) is 0 Å². The van der Waals surface area contributed by atoms with Gasteiger partial charge in [-0.3, -0.25) is 4.68 Å². The van der Waals surface area contributed by atoms with Gasteiger partial charge in [-0.25, -0.2) is 0 Å². The lowest BCUT2D eigenvalue weighted by atomic mass is 9.89. The fraction of sp³-hybridized carbons (Fsp3) is 0.800. The number of hydrogen-bond donors (Lipinski definition) is 1. The Morgan fingerprint density at radius 2 is 2.21 bits per heavy atom. The highest BCUT2D eigenvalue weighted by Crippen LogP contribution is 2.36. The molecule has 1 aromatic heterocycles. The second-order valence-electron chi connectivity index (χ2n) is 6.12. The van der Waals surface area contributed by atoms with E-state index in [9.17, 15) is 5.11 Å². The van der Waals surface area contributed by atoms with Crippen LogP contribution >= 0.6 is 11.8 Å². The van der Waals surface area contributed by atoms with Gasteiger partial charge >= 0.3 is 0 Å². The van der Waals surface area contributed by atoms with Crippen LogP contribution in [0.4, 0.5) is 0 Å². The molecular weight excluding hydrogens is 256 g/mol. The summed E-state index contributed by atoms with van der Waals surface area (Å²) in [7, 11) is 0. The zero-order chi connectivity index (χ0) is 13.3. The largest absolute Gasteiger partial charge is 0.388 e. The molecule has 2 unspecified atom stereocenters. The van der Waals surface area contributed by atoms with E-state index in [0.29, 0.717) is 17.7 Å². The first kappa shape index (κ1) is 13.5. The molecule has 3 nitrogen and oxygen atoms in total. The Kier molecular flexibility index (Phi) is 3.90. The van der Waals surface area contributed by atoms with Gasteiger partial charge in [-0.05, 0) is 37.5 Å². The smallest absolute Gasteiger partial charge is 0.0819 e. The minimum Gasteiger partial charge on any atom is -0.388 e. The summed E-state index contributed by atoms with van der Waals surface area (Å²) in [4.78, 5) is 0. The first-order valence-electron chi connectivity index (χ1n) is 7.55. The topological polar surface area (TPSA) is 38.0 Å². The van der Waals surface area contributed by atoms with Crippen LogP contribution in [-0.2, 0) is 6.42 Å². The van der Waals surface area contributed by atoms with E-state index in [2.05, 4.69) is 23.9 Å². The molecule has 0 amide bonds. The molecule has 2 aliphatic rings. The predicted octanol–water partition coefficient (Wildman–Crippen LogP) is 3.19. The average molecular weight is 280 g/mol. The molecule has 0 bridgehead atoms. The summed E-state index contributed by atoms with van der Waals surface area (Å²) in [5, 5.41) is 15.8. The van der Waals surface area contributed by atoms with Crippen molar-refractivity contribution in [3.8, 4) is 0 Å². The highest BCUT2D eigenvalue weighted by Gasteiger charge is 2.37. The van der Waals surface area contributed by atoms with E-state index < -0.39 is 5.60 Å². The number of thioether (sulfide) groups is 1. The van der Waals surface area contributed by atoms with Crippen LogP contribution in [-0.4, -0.2) is 31.5 Å². The zero-order valence-electron chi connectivity index (χ0n) is 11.7. The van der Waals surface area contributed by atoms with E-state index >= 15 is 0 Å². The summed E-state index contributed by atoms with van der Waals surface area (Å²) in [6, 6.07) is 2.70. The molecule has 0 radical (unpaired) electrons. The molecule has 19 heavy (non-hydrogen) atoms. The Bertz CT molecular complexity index is 428. The molecule has 0 aromatic carbocycles. The highest BCUT2D eigenvalue weighted by molar-refractivity contribution is 8.00. The molecule has 1 saturated carbocycles. The Morgan fingerprint density at radius 1 is 1.42 bits per heavy atom. The van der Waals surface area contributed by atoms with E-state index in [1.165, 1.54) is 31.4 Å². The van der Waals surface area contributed by atoms with Crippen LogP contribution in [0.2, 0.25) is 0 Å². The number of aliphatic hydroxyl groups is 1. The van der Waals surface area contributed by atoms with Crippen molar-refractivity contribution in [2.75, 3.05) is 5.75 Å². The highest BCUT2D eigenvalue weighted by atomic mass is 32.2. The maximum Gasteiger partial charge on any atom is 0.0819 e. The van der Waals surface area contributed by atoms with Gasteiger partial charge in [0.25, 0.3) is 0 Å². The molecule has 2 heterocycles. The van der Waals surface area contributed by atoms with Gasteiger partial charge in [-0.2, -0.15) is 16.9 Å². The minimum absolute atomic E-state index is 0.317. The molecule has 1 aliphatic carbocycles. The standard InChI is InChI=1S/C15H24N2OS/c1-12-15(18,8-4-10-19-12)11-13-7-9-17(16-13)14-5-2-3-6-14/h7,9,12,14,18H,2-6,8,10-11H2,1H3. The monoisotopic (exact) mass is 280 g/mol. The summed E-state index contributed by atoms with van der Waals surface area (Å²) >= 11 is 1.89. The first-order valence-corrected chi connectivity index (χ1v) is 8.60. The summed E-state index contributed by atoms with van der Waals surface area (Å²) in [6.45, 7) is 2.15. The Balaban J connectivity index is 1.69. The number of hydrogen-bond acceptors (Lipinski definition) is 3. The Hall–Kier alpha value is -0.480. The normalized spacial score (nSPS) is 32.8.